The Balaban J connectivity index is 1.99. The van der Waals surface area contributed by atoms with Crippen LogP contribution in [0, 0.1) is 5.92 Å². The Bertz CT molecular complexity index is 259. The number of nitrogens with two attached hydrogens (primary N) is 1. The molecule has 0 spiro atoms. The predicted octanol–water partition coefficient (Wildman–Crippen LogP) is 0.712. The summed E-state index contributed by atoms with van der Waals surface area (Å²) in [4.78, 5) is 6.45. The molecule has 2 heterocycles. The molecule has 0 saturated carbocycles. The van der Waals surface area contributed by atoms with Gasteiger partial charge in [0.2, 0.25) is 5.13 Å². The molecule has 2 N–H and O–H groups in total. The second kappa shape index (κ2) is 3.59. The van der Waals surface area contributed by atoms with Crippen LogP contribution in [0.1, 0.15) is 13.3 Å². The van der Waals surface area contributed by atoms with Crippen molar-refractivity contribution in [2.75, 3.05) is 18.0 Å². The van der Waals surface area contributed by atoms with E-state index in [4.69, 9.17) is 5.73 Å². The highest BCUT2D eigenvalue weighted by molar-refractivity contribution is 7.09. The molecule has 1 fully saturated rings. The van der Waals surface area contributed by atoms with Gasteiger partial charge in [0.05, 0.1) is 0 Å². The van der Waals surface area contributed by atoms with Gasteiger partial charge in [-0.3, -0.25) is 0 Å². The Labute approximate surface area is 81.9 Å². The van der Waals surface area contributed by atoms with Crippen molar-refractivity contribution in [3.63, 3.8) is 0 Å². The smallest absolute Gasteiger partial charge is 0.204 e. The highest BCUT2D eigenvalue weighted by Crippen LogP contribution is 2.25. The number of rotatable bonds is 2. The molecular formula is C8H14N4S. The number of aromatic nitrogens is 2. The average molecular weight is 198 g/mol. The minimum atomic E-state index is 0.290. The molecule has 5 heteroatoms. The molecular weight excluding hydrogens is 184 g/mol. The first-order valence-electron chi connectivity index (χ1n) is 4.54. The molecule has 0 aromatic carbocycles. The van der Waals surface area contributed by atoms with Crippen LogP contribution in [0.15, 0.2) is 6.33 Å². The lowest BCUT2D eigenvalue weighted by Gasteiger charge is -2.16. The first-order valence-corrected chi connectivity index (χ1v) is 5.32. The summed E-state index contributed by atoms with van der Waals surface area (Å²) >= 11 is 1.46. The summed E-state index contributed by atoms with van der Waals surface area (Å²) in [7, 11) is 0. The molecule has 13 heavy (non-hydrogen) atoms. The van der Waals surface area contributed by atoms with Gasteiger partial charge in [0.1, 0.15) is 6.33 Å². The Morgan fingerprint density at radius 1 is 1.77 bits per heavy atom. The molecule has 2 atom stereocenters. The lowest BCUT2D eigenvalue weighted by Crippen LogP contribution is -2.29. The summed E-state index contributed by atoms with van der Waals surface area (Å²) in [5, 5.41) is 1.03. The van der Waals surface area contributed by atoms with E-state index in [0.717, 1.165) is 18.2 Å². The molecule has 1 aliphatic heterocycles. The van der Waals surface area contributed by atoms with Crippen LogP contribution in [0.4, 0.5) is 5.13 Å². The highest BCUT2D eigenvalue weighted by Gasteiger charge is 2.26. The largest absolute Gasteiger partial charge is 0.347 e. The summed E-state index contributed by atoms with van der Waals surface area (Å²) < 4.78 is 3.99. The fraction of sp³-hybridized carbons (Fsp3) is 0.750. The Hall–Kier alpha value is -0.680. The number of hydrogen-bond acceptors (Lipinski definition) is 5. The summed E-state index contributed by atoms with van der Waals surface area (Å²) in [6, 6.07) is 0.290. The Kier molecular flexibility index (Phi) is 2.46. The lowest BCUT2D eigenvalue weighted by molar-refractivity contribution is 0.488. The topological polar surface area (TPSA) is 55.0 Å². The van der Waals surface area contributed by atoms with Crippen molar-refractivity contribution in [3.05, 3.63) is 6.33 Å². The zero-order valence-corrected chi connectivity index (χ0v) is 8.50. The fourth-order valence-electron chi connectivity index (χ4n) is 1.70. The summed E-state index contributed by atoms with van der Waals surface area (Å²) in [5.41, 5.74) is 5.85. The van der Waals surface area contributed by atoms with Crippen molar-refractivity contribution in [2.45, 2.75) is 19.4 Å². The third kappa shape index (κ3) is 1.81. The Morgan fingerprint density at radius 2 is 2.62 bits per heavy atom. The van der Waals surface area contributed by atoms with E-state index in [1.165, 1.54) is 18.0 Å². The molecule has 2 rings (SSSR count). The van der Waals surface area contributed by atoms with Gasteiger partial charge in [-0.25, -0.2) is 4.98 Å². The van der Waals surface area contributed by atoms with E-state index in [9.17, 15) is 0 Å². The van der Waals surface area contributed by atoms with Crippen LogP contribution in [-0.2, 0) is 0 Å². The minimum Gasteiger partial charge on any atom is -0.347 e. The standard InChI is InChI=1S/C8H14N4S/c1-6(9)7-2-3-12(4-7)8-10-5-11-13-8/h5-7H,2-4,9H2,1H3. The normalized spacial score (nSPS) is 25.1. The Morgan fingerprint density at radius 3 is 3.15 bits per heavy atom. The zero-order chi connectivity index (χ0) is 9.26. The number of nitrogens with zero attached hydrogens (tertiary/aromatic N) is 3. The van der Waals surface area contributed by atoms with E-state index in [-0.39, 0.29) is 6.04 Å². The van der Waals surface area contributed by atoms with E-state index in [1.54, 1.807) is 6.33 Å². The highest BCUT2D eigenvalue weighted by atomic mass is 32.1. The molecule has 1 aromatic heterocycles. The molecule has 0 aliphatic carbocycles. The van der Waals surface area contributed by atoms with Gasteiger partial charge in [0.25, 0.3) is 0 Å². The number of anilines is 1. The summed E-state index contributed by atoms with van der Waals surface area (Å²) in [5.74, 6) is 0.615. The van der Waals surface area contributed by atoms with Crippen molar-refractivity contribution in [1.82, 2.24) is 9.36 Å². The molecule has 1 aromatic rings. The van der Waals surface area contributed by atoms with Crippen molar-refractivity contribution in [3.8, 4) is 0 Å². The van der Waals surface area contributed by atoms with Gasteiger partial charge in [-0.05, 0) is 19.3 Å². The third-order valence-electron chi connectivity index (χ3n) is 2.59. The van der Waals surface area contributed by atoms with Crippen LogP contribution in [-0.4, -0.2) is 28.5 Å². The lowest BCUT2D eigenvalue weighted by atomic mass is 10.0. The maximum absolute atomic E-state index is 5.85. The SMILES string of the molecule is CC(N)C1CCN(c2ncns2)C1. The first-order chi connectivity index (χ1) is 6.27. The first kappa shape index (κ1) is 8.90. The van der Waals surface area contributed by atoms with Crippen LogP contribution in [0.3, 0.4) is 0 Å². The van der Waals surface area contributed by atoms with E-state index >= 15 is 0 Å². The van der Waals surface area contributed by atoms with Crippen molar-refractivity contribution < 1.29 is 0 Å². The van der Waals surface area contributed by atoms with Crippen LogP contribution >= 0.6 is 11.5 Å². The molecule has 72 valence electrons. The molecule has 1 saturated heterocycles. The van der Waals surface area contributed by atoms with Gasteiger partial charge >= 0.3 is 0 Å². The van der Waals surface area contributed by atoms with E-state index in [1.807, 2.05) is 0 Å². The number of hydrogen-bond donors (Lipinski definition) is 1. The maximum atomic E-state index is 5.85. The average Bonchev–Trinajstić information content (AvgIpc) is 2.75. The van der Waals surface area contributed by atoms with E-state index in [2.05, 4.69) is 21.2 Å². The van der Waals surface area contributed by atoms with Gasteiger partial charge in [-0.15, -0.1) is 0 Å². The predicted molar refractivity (Wildman–Crippen MR) is 53.9 cm³/mol. The molecule has 0 radical (unpaired) electrons. The van der Waals surface area contributed by atoms with Gasteiger partial charge in [-0.2, -0.15) is 4.37 Å². The van der Waals surface area contributed by atoms with Gasteiger partial charge in [0, 0.05) is 30.7 Å². The van der Waals surface area contributed by atoms with Crippen LogP contribution < -0.4 is 10.6 Å². The molecule has 2 unspecified atom stereocenters. The van der Waals surface area contributed by atoms with Crippen molar-refractivity contribution in [1.29, 1.82) is 0 Å². The van der Waals surface area contributed by atoms with Crippen LogP contribution in [0.25, 0.3) is 0 Å². The van der Waals surface area contributed by atoms with Crippen LogP contribution in [0.2, 0.25) is 0 Å². The van der Waals surface area contributed by atoms with E-state index in [0.29, 0.717) is 5.92 Å². The second-order valence-corrected chi connectivity index (χ2v) is 4.34. The minimum absolute atomic E-state index is 0.290. The van der Waals surface area contributed by atoms with Gasteiger partial charge in [-0.1, -0.05) is 0 Å². The maximum Gasteiger partial charge on any atom is 0.204 e. The van der Waals surface area contributed by atoms with Crippen molar-refractivity contribution >= 4 is 16.7 Å². The molecule has 4 nitrogen and oxygen atoms in total. The molecule has 1 aliphatic rings. The monoisotopic (exact) mass is 198 g/mol. The molecule has 0 amide bonds. The summed E-state index contributed by atoms with van der Waals surface area (Å²) in [6.45, 7) is 4.18. The second-order valence-electron chi connectivity index (χ2n) is 3.58. The molecule has 0 bridgehead atoms. The van der Waals surface area contributed by atoms with Gasteiger partial charge in [0.15, 0.2) is 0 Å². The fourth-order valence-corrected chi connectivity index (χ4v) is 2.26. The third-order valence-corrected chi connectivity index (χ3v) is 3.32. The van der Waals surface area contributed by atoms with Gasteiger partial charge < -0.3 is 10.6 Å². The van der Waals surface area contributed by atoms with Crippen LogP contribution in [0.5, 0.6) is 0 Å². The van der Waals surface area contributed by atoms with E-state index < -0.39 is 0 Å². The quantitative estimate of drug-likeness (QED) is 0.760. The van der Waals surface area contributed by atoms with Crippen molar-refractivity contribution in [2.24, 2.45) is 11.7 Å². The summed E-state index contributed by atoms with van der Waals surface area (Å²) in [6.07, 6.45) is 2.79. The zero-order valence-electron chi connectivity index (χ0n) is 7.68.